The Balaban J connectivity index is 0.000000395. The summed E-state index contributed by atoms with van der Waals surface area (Å²) in [6, 6.07) is 64.7. The second-order valence-electron chi connectivity index (χ2n) is 10.3. The van der Waals surface area contributed by atoms with E-state index in [0.29, 0.717) is 0 Å². The van der Waals surface area contributed by atoms with Crippen molar-refractivity contribution in [2.24, 2.45) is 0 Å². The average Bonchev–Trinajstić information content (AvgIpc) is 3.18. The molecule has 2 N–H and O–H groups in total. The molecule has 0 heterocycles. The summed E-state index contributed by atoms with van der Waals surface area (Å²) in [6.45, 7) is 4.50. The van der Waals surface area contributed by atoms with Gasteiger partial charge in [0.15, 0.2) is 0 Å². The number of rotatable bonds is 6. The summed E-state index contributed by atoms with van der Waals surface area (Å²) in [4.78, 5) is 17.8. The van der Waals surface area contributed by atoms with Crippen LogP contribution in [-0.2, 0) is 33.7 Å². The van der Waals surface area contributed by atoms with Gasteiger partial charge in [-0.05, 0) is 47.7 Å². The summed E-state index contributed by atoms with van der Waals surface area (Å²) < 4.78 is 71.0. The van der Waals surface area contributed by atoms with E-state index < -0.39 is 40.1 Å². The summed E-state index contributed by atoms with van der Waals surface area (Å²) in [6.07, 6.45) is -10.2. The van der Waals surface area contributed by atoms with E-state index in [9.17, 15) is 26.3 Å². The van der Waals surface area contributed by atoms with Gasteiger partial charge >= 0.3 is 35.6 Å². The van der Waals surface area contributed by atoms with Crippen molar-refractivity contribution in [2.45, 2.75) is 12.4 Å². The first-order valence-electron chi connectivity index (χ1n) is 15.5. The number of carboxylic acid groups (broad SMARTS) is 2. The van der Waals surface area contributed by atoms with Crippen molar-refractivity contribution in [3.63, 3.8) is 0 Å². The van der Waals surface area contributed by atoms with Crippen molar-refractivity contribution >= 4 is 59.6 Å². The van der Waals surface area contributed by atoms with Crippen molar-refractivity contribution in [1.82, 2.24) is 0 Å². The van der Waals surface area contributed by atoms with Gasteiger partial charge in [0.05, 0.1) is 0 Å². The Labute approximate surface area is 329 Å². The summed E-state index contributed by atoms with van der Waals surface area (Å²) in [7, 11) is -0.892. The van der Waals surface area contributed by atoms with Crippen LogP contribution in [0.4, 0.5) is 26.3 Å². The molecular weight excluding hydrogens is 849 g/mol. The number of benzene rings is 6. The molecule has 6 aromatic carbocycles. The maximum Gasteiger partial charge on any atom is 0 e. The van der Waals surface area contributed by atoms with Crippen LogP contribution in [0.1, 0.15) is 0 Å². The molecule has 0 atom stereocenters. The molecule has 0 radical (unpaired) electrons. The maximum atomic E-state index is 10.6. The van der Waals surface area contributed by atoms with E-state index in [2.05, 4.69) is 189 Å². The van der Waals surface area contributed by atoms with Crippen molar-refractivity contribution in [1.29, 1.82) is 0 Å². The molecule has 0 fully saturated rings. The number of aliphatic carboxylic acids is 2. The quantitative estimate of drug-likeness (QED) is 0.0582. The fraction of sp³-hybridized carbons (Fsp3) is 0.0488. The minimum absolute atomic E-state index is 0. The molecule has 6 aromatic rings. The number of carbonyl (C=O) groups is 2. The molecule has 14 heteroatoms. The number of alkyl halides is 6. The molecule has 5 nitrogen and oxygen atoms in total. The van der Waals surface area contributed by atoms with Crippen LogP contribution in [0.15, 0.2) is 182 Å². The fourth-order valence-corrected chi connectivity index (χ4v) is 8.97. The van der Waals surface area contributed by atoms with Crippen molar-refractivity contribution < 1.29 is 70.3 Å². The first-order chi connectivity index (χ1) is 25.8. The van der Waals surface area contributed by atoms with Gasteiger partial charge in [0.1, 0.15) is 0 Å². The molecule has 6 rings (SSSR count). The zero-order chi connectivity index (χ0) is 40.0. The molecular formula is C41H32F6O5P2Ru. The number of hydrogen-bond donors (Lipinski definition) is 2. The van der Waals surface area contributed by atoms with Gasteiger partial charge in [-0.25, -0.2) is 9.59 Å². The van der Waals surface area contributed by atoms with Crippen LogP contribution >= 0.6 is 15.8 Å². The van der Waals surface area contributed by atoms with E-state index in [0.717, 1.165) is 0 Å². The molecule has 286 valence electrons. The topological polar surface area (TPSA) is 94.5 Å². The first kappa shape index (κ1) is 48.1. The molecule has 0 aliphatic carbocycles. The Morgan fingerprint density at radius 2 is 0.491 bits per heavy atom. The van der Waals surface area contributed by atoms with Gasteiger partial charge in [0, 0.05) is 19.5 Å². The predicted octanol–water partition coefficient (Wildman–Crippen LogP) is 8.12. The van der Waals surface area contributed by atoms with Crippen LogP contribution < -0.4 is 31.8 Å². The van der Waals surface area contributed by atoms with Gasteiger partial charge in [-0.1, -0.05) is 182 Å². The summed E-state index contributed by atoms with van der Waals surface area (Å²) >= 11 is 0. The zero-order valence-electron chi connectivity index (χ0n) is 28.5. The Morgan fingerprint density at radius 3 is 0.582 bits per heavy atom. The van der Waals surface area contributed by atoms with Gasteiger partial charge in [0.2, 0.25) is 0 Å². The molecule has 0 aliphatic heterocycles. The monoisotopic (exact) mass is 882 g/mol. The van der Waals surface area contributed by atoms with E-state index in [1.807, 2.05) is 0 Å². The normalized spacial score (nSPS) is 10.2. The summed E-state index contributed by atoms with van der Waals surface area (Å²) in [5.41, 5.74) is 0. The van der Waals surface area contributed by atoms with Gasteiger partial charge < -0.3 is 10.2 Å². The van der Waals surface area contributed by atoms with Gasteiger partial charge in [-0.2, -0.15) is 26.3 Å². The first-order valence-corrected chi connectivity index (χ1v) is 18.2. The molecule has 0 amide bonds. The number of hydrogen-bond acceptors (Lipinski definition) is 2. The molecule has 0 spiro atoms. The third-order valence-electron chi connectivity index (χ3n) is 6.57. The Morgan fingerprint density at radius 1 is 0.382 bits per heavy atom. The fourth-order valence-electron chi connectivity index (χ4n) is 4.36. The van der Waals surface area contributed by atoms with Crippen molar-refractivity contribution in [3.8, 4) is 0 Å². The number of halogens is 6. The molecule has 0 aromatic heterocycles. The molecule has 0 saturated heterocycles. The Hall–Kier alpha value is -4.94. The van der Waals surface area contributed by atoms with Crippen LogP contribution in [0, 0.1) is 6.65 Å². The summed E-state index contributed by atoms with van der Waals surface area (Å²) in [5, 5.41) is 22.6. The van der Waals surface area contributed by atoms with Crippen LogP contribution in [0.5, 0.6) is 0 Å². The minimum atomic E-state index is -5.08. The van der Waals surface area contributed by atoms with Crippen LogP contribution in [-0.4, -0.2) is 34.5 Å². The third-order valence-corrected chi connectivity index (χ3v) is 11.5. The standard InChI is InChI=1S/2C18H15P.2C2HF3O2.CO.Ru/c2*1-4-10-16(11-5-1)19(17-12-6-2-7-13-17)18-14-8-3-9-15-18;2*3-2(4,5)1(6)7;1-2;/h2*1-15H;2*(H,6,7);;. The zero-order valence-corrected chi connectivity index (χ0v) is 32.0. The van der Waals surface area contributed by atoms with E-state index in [4.69, 9.17) is 24.5 Å². The van der Waals surface area contributed by atoms with E-state index in [1.165, 1.54) is 31.8 Å². The van der Waals surface area contributed by atoms with Gasteiger partial charge in [-0.15, -0.1) is 0 Å². The minimum Gasteiger partial charge on any atom is -0.0622 e. The van der Waals surface area contributed by atoms with E-state index >= 15 is 0 Å². The second-order valence-corrected chi connectivity index (χ2v) is 14.7. The SMILES string of the molecule is O=C(O)C(F)(F)F.O=C(O)C(F)(F)F.[C-]#[O+].[Ru].c1ccc(P(c2ccccc2)c2ccccc2)cc1.c1ccc(P(c2ccccc2)c2ccccc2)cc1. The molecule has 0 bridgehead atoms. The van der Waals surface area contributed by atoms with Crippen molar-refractivity contribution in [2.75, 3.05) is 0 Å². The second kappa shape index (κ2) is 25.2. The maximum absolute atomic E-state index is 10.6. The Bertz CT molecular complexity index is 1630. The molecule has 0 saturated carbocycles. The van der Waals surface area contributed by atoms with Crippen molar-refractivity contribution in [3.05, 3.63) is 189 Å². The van der Waals surface area contributed by atoms with Crippen LogP contribution in [0.25, 0.3) is 0 Å². The van der Waals surface area contributed by atoms with E-state index in [-0.39, 0.29) is 19.5 Å². The molecule has 55 heavy (non-hydrogen) atoms. The van der Waals surface area contributed by atoms with Gasteiger partial charge in [-0.3, -0.25) is 0 Å². The average molecular weight is 882 g/mol. The van der Waals surface area contributed by atoms with Crippen LogP contribution in [0.3, 0.4) is 0 Å². The molecule has 0 unspecified atom stereocenters. The smallest absolute Gasteiger partial charge is 0 e. The molecule has 0 aliphatic rings. The van der Waals surface area contributed by atoms with E-state index in [1.54, 1.807) is 0 Å². The number of carboxylic acids is 2. The van der Waals surface area contributed by atoms with Crippen LogP contribution in [0.2, 0.25) is 0 Å². The summed E-state index contributed by atoms with van der Waals surface area (Å²) in [5.74, 6) is -5.51. The third kappa shape index (κ3) is 17.4. The van der Waals surface area contributed by atoms with Gasteiger partial charge in [0.25, 0.3) is 0 Å². The largest absolute Gasteiger partial charge is 0.0622 e. The Kier molecular flexibility index (Phi) is 22.0. The predicted molar refractivity (Wildman–Crippen MR) is 202 cm³/mol.